The van der Waals surface area contributed by atoms with Crippen LogP contribution in [0.3, 0.4) is 0 Å². The lowest BCUT2D eigenvalue weighted by molar-refractivity contribution is 1.09. The van der Waals surface area contributed by atoms with Crippen molar-refractivity contribution >= 4 is 36.2 Å². The number of aromatic amines is 1. The van der Waals surface area contributed by atoms with Gasteiger partial charge in [-0.15, -0.1) is 36.2 Å². The Morgan fingerprint density at radius 3 is 2.64 bits per heavy atom. The molecule has 0 fully saturated rings. The molecule has 0 bridgehead atoms. The van der Waals surface area contributed by atoms with Gasteiger partial charge in [0.15, 0.2) is 0 Å². The van der Waals surface area contributed by atoms with Crippen LogP contribution >= 0.6 is 36.2 Å². The van der Waals surface area contributed by atoms with Gasteiger partial charge in [0, 0.05) is 23.2 Å². The zero-order valence-electron chi connectivity index (χ0n) is 7.27. The molecule has 0 radical (unpaired) electrons. The Hall–Kier alpha value is -0.550. The van der Waals surface area contributed by atoms with E-state index < -0.39 is 0 Å². The van der Waals surface area contributed by atoms with E-state index in [0.717, 1.165) is 5.56 Å². The van der Waals surface area contributed by atoms with Crippen LogP contribution in [0, 0.1) is 0 Å². The van der Waals surface area contributed by atoms with Crippen LogP contribution in [0.2, 0.25) is 0 Å². The van der Waals surface area contributed by atoms with Crippen molar-refractivity contribution in [1.82, 2.24) is 10.2 Å². The molecular weight excluding hydrogens is 241 g/mol. The highest BCUT2D eigenvalue weighted by atomic mass is 35.5. The van der Waals surface area contributed by atoms with Crippen molar-refractivity contribution in [2.45, 2.75) is 6.54 Å². The summed E-state index contributed by atoms with van der Waals surface area (Å²) in [6.07, 6.45) is 3.69. The van der Waals surface area contributed by atoms with Crippen LogP contribution in [-0.4, -0.2) is 10.2 Å². The molecule has 14 heavy (non-hydrogen) atoms. The summed E-state index contributed by atoms with van der Waals surface area (Å²) in [4.78, 5) is 1.20. The molecule has 0 aliphatic rings. The third kappa shape index (κ3) is 2.72. The molecule has 2 rings (SSSR count). The normalized spacial score (nSPS) is 8.93. The topological polar surface area (TPSA) is 54.7 Å². The van der Waals surface area contributed by atoms with E-state index in [1.54, 1.807) is 11.3 Å². The molecule has 2 aromatic rings. The van der Waals surface area contributed by atoms with Crippen molar-refractivity contribution in [3.63, 3.8) is 0 Å². The predicted molar refractivity (Wildman–Crippen MR) is 64.3 cm³/mol. The first-order chi connectivity index (χ1) is 5.90. The van der Waals surface area contributed by atoms with Crippen molar-refractivity contribution in [1.29, 1.82) is 0 Å². The molecule has 2 heterocycles. The largest absolute Gasteiger partial charge is 0.326 e. The SMILES string of the molecule is Cl.Cl.NCc1cc(-c2cn[nH]c2)cs1. The van der Waals surface area contributed by atoms with Crippen LogP contribution in [0.4, 0.5) is 0 Å². The standard InChI is InChI=1S/C8H9N3S.2ClH/c9-2-8-1-6(5-12-8)7-3-10-11-4-7;;/h1,3-5H,2,9H2,(H,10,11);2*1H. The van der Waals surface area contributed by atoms with Crippen molar-refractivity contribution in [2.75, 3.05) is 0 Å². The van der Waals surface area contributed by atoms with Gasteiger partial charge in [-0.05, 0) is 17.0 Å². The number of nitrogens with one attached hydrogen (secondary N) is 1. The van der Waals surface area contributed by atoms with E-state index in [1.165, 1.54) is 10.4 Å². The Kier molecular flexibility index (Phi) is 5.79. The third-order valence-electron chi connectivity index (χ3n) is 1.69. The van der Waals surface area contributed by atoms with Gasteiger partial charge in [-0.2, -0.15) is 5.10 Å². The molecule has 0 amide bonds. The zero-order valence-corrected chi connectivity index (χ0v) is 9.72. The lowest BCUT2D eigenvalue weighted by atomic mass is 10.2. The number of rotatable bonds is 2. The highest BCUT2D eigenvalue weighted by molar-refractivity contribution is 7.10. The predicted octanol–water partition coefficient (Wildman–Crippen LogP) is 2.44. The van der Waals surface area contributed by atoms with E-state index in [-0.39, 0.29) is 24.8 Å². The summed E-state index contributed by atoms with van der Waals surface area (Å²) in [7, 11) is 0. The van der Waals surface area contributed by atoms with Crippen LogP contribution < -0.4 is 5.73 Å². The Bertz CT molecular complexity index is 358. The van der Waals surface area contributed by atoms with Gasteiger partial charge < -0.3 is 5.73 Å². The lowest BCUT2D eigenvalue weighted by Gasteiger charge is -1.86. The maximum atomic E-state index is 5.50. The molecule has 0 unspecified atom stereocenters. The molecule has 0 atom stereocenters. The van der Waals surface area contributed by atoms with Crippen LogP contribution in [0.1, 0.15) is 4.88 Å². The molecular formula is C8H11Cl2N3S. The second-order valence-corrected chi connectivity index (χ2v) is 3.49. The summed E-state index contributed by atoms with van der Waals surface area (Å²) in [6, 6.07) is 2.09. The number of nitrogens with zero attached hydrogens (tertiary/aromatic N) is 1. The van der Waals surface area contributed by atoms with E-state index in [9.17, 15) is 0 Å². The fourth-order valence-corrected chi connectivity index (χ4v) is 1.82. The fourth-order valence-electron chi connectivity index (χ4n) is 1.05. The van der Waals surface area contributed by atoms with Crippen molar-refractivity contribution < 1.29 is 0 Å². The van der Waals surface area contributed by atoms with E-state index in [0.29, 0.717) is 6.54 Å². The van der Waals surface area contributed by atoms with Crippen LogP contribution in [0.25, 0.3) is 11.1 Å². The molecule has 78 valence electrons. The number of thiophene rings is 1. The van der Waals surface area contributed by atoms with E-state index >= 15 is 0 Å². The maximum Gasteiger partial charge on any atom is 0.0566 e. The molecule has 2 aromatic heterocycles. The summed E-state index contributed by atoms with van der Waals surface area (Å²) in [5.74, 6) is 0. The van der Waals surface area contributed by atoms with Gasteiger partial charge in [-0.3, -0.25) is 5.10 Å². The Balaban J connectivity index is 0.000000845. The number of aromatic nitrogens is 2. The smallest absolute Gasteiger partial charge is 0.0566 e. The Morgan fingerprint density at radius 2 is 2.14 bits per heavy atom. The van der Waals surface area contributed by atoms with Gasteiger partial charge >= 0.3 is 0 Å². The number of hydrogen-bond acceptors (Lipinski definition) is 3. The van der Waals surface area contributed by atoms with E-state index in [2.05, 4.69) is 21.6 Å². The average molecular weight is 252 g/mol. The Morgan fingerprint density at radius 1 is 1.36 bits per heavy atom. The number of nitrogens with two attached hydrogens (primary N) is 1. The maximum absolute atomic E-state index is 5.50. The first-order valence-corrected chi connectivity index (χ1v) is 4.55. The summed E-state index contributed by atoms with van der Waals surface area (Å²) < 4.78 is 0. The molecule has 0 aliphatic carbocycles. The molecule has 3 nitrogen and oxygen atoms in total. The lowest BCUT2D eigenvalue weighted by Crippen LogP contribution is -1.91. The fraction of sp³-hybridized carbons (Fsp3) is 0.125. The molecule has 0 aliphatic heterocycles. The Labute approximate surface area is 98.5 Å². The number of hydrogen-bond donors (Lipinski definition) is 2. The number of halogens is 2. The second kappa shape index (κ2) is 6.03. The van der Waals surface area contributed by atoms with Gasteiger partial charge in [0.1, 0.15) is 0 Å². The second-order valence-electron chi connectivity index (χ2n) is 2.49. The van der Waals surface area contributed by atoms with E-state index in [1.807, 2.05) is 12.4 Å². The summed E-state index contributed by atoms with van der Waals surface area (Å²) in [6.45, 7) is 0.614. The first-order valence-electron chi connectivity index (χ1n) is 3.67. The molecule has 0 aromatic carbocycles. The first kappa shape index (κ1) is 13.4. The van der Waals surface area contributed by atoms with Crippen molar-refractivity contribution in [2.24, 2.45) is 5.73 Å². The van der Waals surface area contributed by atoms with Gasteiger partial charge in [-0.25, -0.2) is 0 Å². The number of H-pyrrole nitrogens is 1. The van der Waals surface area contributed by atoms with Crippen molar-refractivity contribution in [3.05, 3.63) is 28.7 Å². The van der Waals surface area contributed by atoms with Crippen LogP contribution in [0.15, 0.2) is 23.8 Å². The molecule has 0 saturated carbocycles. The van der Waals surface area contributed by atoms with Gasteiger partial charge in [-0.1, -0.05) is 0 Å². The van der Waals surface area contributed by atoms with E-state index in [4.69, 9.17) is 5.73 Å². The minimum absolute atomic E-state index is 0. The zero-order chi connectivity index (χ0) is 8.39. The highest BCUT2D eigenvalue weighted by Crippen LogP contribution is 2.23. The highest BCUT2D eigenvalue weighted by Gasteiger charge is 2.01. The van der Waals surface area contributed by atoms with Gasteiger partial charge in [0.05, 0.1) is 6.20 Å². The monoisotopic (exact) mass is 251 g/mol. The molecule has 0 saturated heterocycles. The summed E-state index contributed by atoms with van der Waals surface area (Å²) in [5, 5.41) is 8.75. The minimum atomic E-state index is 0. The molecule has 6 heteroatoms. The van der Waals surface area contributed by atoms with Crippen LogP contribution in [0.5, 0.6) is 0 Å². The quantitative estimate of drug-likeness (QED) is 0.862. The summed E-state index contributed by atoms with van der Waals surface area (Å²) in [5.41, 5.74) is 7.81. The molecule has 3 N–H and O–H groups in total. The van der Waals surface area contributed by atoms with Gasteiger partial charge in [0.2, 0.25) is 0 Å². The average Bonchev–Trinajstić information content (AvgIpc) is 2.75. The molecule has 0 spiro atoms. The summed E-state index contributed by atoms with van der Waals surface area (Å²) >= 11 is 1.68. The minimum Gasteiger partial charge on any atom is -0.326 e. The van der Waals surface area contributed by atoms with Gasteiger partial charge in [0.25, 0.3) is 0 Å². The van der Waals surface area contributed by atoms with Crippen LogP contribution in [-0.2, 0) is 6.54 Å². The third-order valence-corrected chi connectivity index (χ3v) is 2.65. The van der Waals surface area contributed by atoms with Crippen molar-refractivity contribution in [3.8, 4) is 11.1 Å².